The lowest BCUT2D eigenvalue weighted by Crippen LogP contribution is -1.93. The molecule has 0 fully saturated rings. The van der Waals surface area contributed by atoms with Crippen LogP contribution >= 0.6 is 11.8 Å². The summed E-state index contributed by atoms with van der Waals surface area (Å²) >= 11 is 1.43. The van der Waals surface area contributed by atoms with E-state index in [1.807, 2.05) is 7.05 Å². The molecule has 2 N–H and O–H groups in total. The summed E-state index contributed by atoms with van der Waals surface area (Å²) in [6.07, 6.45) is 3.18. The van der Waals surface area contributed by atoms with Crippen molar-refractivity contribution in [1.29, 1.82) is 0 Å². The normalized spacial score (nSPS) is 10.4. The zero-order chi connectivity index (χ0) is 9.97. The summed E-state index contributed by atoms with van der Waals surface area (Å²) in [7, 11) is 1.83. The number of nitrogens with zero attached hydrogens (tertiary/aromatic N) is 4. The minimum atomic E-state index is 0.699. The van der Waals surface area contributed by atoms with E-state index in [9.17, 15) is 0 Å². The Morgan fingerprint density at radius 3 is 2.93 bits per heavy atom. The topological polar surface area (TPSA) is 69.6 Å². The predicted octanol–water partition coefficient (Wildman–Crippen LogP) is 0.944. The molecule has 0 aliphatic carbocycles. The van der Waals surface area contributed by atoms with Crippen LogP contribution in [0, 0.1) is 0 Å². The fourth-order valence-corrected chi connectivity index (χ4v) is 1.73. The first-order valence-electron chi connectivity index (χ1n) is 3.99. The van der Waals surface area contributed by atoms with Crippen LogP contribution < -0.4 is 5.73 Å². The number of anilines is 1. The van der Waals surface area contributed by atoms with Gasteiger partial charge in [-0.3, -0.25) is 0 Å². The van der Waals surface area contributed by atoms with Gasteiger partial charge in [-0.25, -0.2) is 14.6 Å². The second-order valence-corrected chi connectivity index (χ2v) is 3.68. The van der Waals surface area contributed by atoms with Crippen LogP contribution in [0.1, 0.15) is 0 Å². The van der Waals surface area contributed by atoms with Crippen molar-refractivity contribution >= 4 is 17.4 Å². The molecule has 0 amide bonds. The van der Waals surface area contributed by atoms with Crippen molar-refractivity contribution in [3.05, 3.63) is 24.7 Å². The Kier molecular flexibility index (Phi) is 2.36. The van der Waals surface area contributed by atoms with Crippen LogP contribution in [-0.4, -0.2) is 19.7 Å². The van der Waals surface area contributed by atoms with Gasteiger partial charge in [-0.2, -0.15) is 5.10 Å². The average Bonchev–Trinajstić information content (AvgIpc) is 2.52. The van der Waals surface area contributed by atoms with Gasteiger partial charge >= 0.3 is 0 Å². The van der Waals surface area contributed by atoms with Crippen LogP contribution in [-0.2, 0) is 7.05 Å². The molecule has 0 spiro atoms. The number of nitrogens with two attached hydrogens (primary N) is 1. The fraction of sp³-hybridized carbons (Fsp3) is 0.125. The van der Waals surface area contributed by atoms with Crippen molar-refractivity contribution in [3.63, 3.8) is 0 Å². The van der Waals surface area contributed by atoms with E-state index in [1.165, 1.54) is 18.1 Å². The van der Waals surface area contributed by atoms with E-state index in [-0.39, 0.29) is 0 Å². The summed E-state index contributed by atoms with van der Waals surface area (Å²) in [6, 6.07) is 3.56. The maximum Gasteiger partial charge on any atom is 0.192 e. The smallest absolute Gasteiger partial charge is 0.192 e. The van der Waals surface area contributed by atoms with Gasteiger partial charge in [0, 0.05) is 18.9 Å². The Morgan fingerprint density at radius 2 is 2.29 bits per heavy atom. The monoisotopic (exact) mass is 207 g/mol. The summed E-state index contributed by atoms with van der Waals surface area (Å²) in [5, 5.41) is 5.58. The minimum absolute atomic E-state index is 0.699. The lowest BCUT2D eigenvalue weighted by atomic mass is 10.4. The summed E-state index contributed by atoms with van der Waals surface area (Å²) in [5.41, 5.74) is 6.33. The molecule has 14 heavy (non-hydrogen) atoms. The number of aromatic nitrogens is 4. The second kappa shape index (κ2) is 3.67. The van der Waals surface area contributed by atoms with Gasteiger partial charge in [0.25, 0.3) is 0 Å². The van der Waals surface area contributed by atoms with Gasteiger partial charge in [0.1, 0.15) is 11.4 Å². The van der Waals surface area contributed by atoms with Gasteiger partial charge in [-0.15, -0.1) is 0 Å². The SMILES string of the molecule is Cn1ncnc1Sc1cc(N)ccn1. The molecule has 2 heterocycles. The summed E-state index contributed by atoms with van der Waals surface area (Å²) in [6.45, 7) is 0. The second-order valence-electron chi connectivity index (χ2n) is 2.70. The molecule has 0 saturated heterocycles. The lowest BCUT2D eigenvalue weighted by molar-refractivity contribution is 0.684. The standard InChI is InChI=1S/C8H9N5S/c1-13-8(11-5-12-13)14-7-4-6(9)2-3-10-7/h2-5H,1H3,(H2,9,10). The number of nitrogen functional groups attached to an aromatic ring is 1. The zero-order valence-electron chi connectivity index (χ0n) is 7.58. The lowest BCUT2D eigenvalue weighted by Gasteiger charge is -1.99. The first-order chi connectivity index (χ1) is 6.75. The van der Waals surface area contributed by atoms with Crippen LogP contribution in [0.15, 0.2) is 34.8 Å². The van der Waals surface area contributed by atoms with Gasteiger partial charge in [-0.05, 0) is 23.9 Å². The molecule has 0 atom stereocenters. The van der Waals surface area contributed by atoms with E-state index < -0.39 is 0 Å². The highest BCUT2D eigenvalue weighted by Crippen LogP contribution is 2.23. The molecule has 0 aliphatic heterocycles. The molecule has 5 nitrogen and oxygen atoms in total. The molecule has 0 unspecified atom stereocenters. The Hall–Kier alpha value is -1.56. The maximum absolute atomic E-state index is 5.63. The van der Waals surface area contributed by atoms with E-state index in [2.05, 4.69) is 15.1 Å². The van der Waals surface area contributed by atoms with Crippen molar-refractivity contribution in [1.82, 2.24) is 19.7 Å². The molecule has 2 rings (SSSR count). The number of rotatable bonds is 2. The van der Waals surface area contributed by atoms with Crippen LogP contribution in [0.25, 0.3) is 0 Å². The molecule has 0 aliphatic rings. The quantitative estimate of drug-likeness (QED) is 0.793. The number of aryl methyl sites for hydroxylation is 1. The summed E-state index contributed by atoms with van der Waals surface area (Å²) in [5.74, 6) is 0. The van der Waals surface area contributed by atoms with Crippen LogP contribution in [0.3, 0.4) is 0 Å². The van der Waals surface area contributed by atoms with Crippen LogP contribution in [0.2, 0.25) is 0 Å². The molecular formula is C8H9N5S. The maximum atomic E-state index is 5.63. The van der Waals surface area contributed by atoms with Gasteiger partial charge in [0.2, 0.25) is 0 Å². The van der Waals surface area contributed by atoms with Crippen molar-refractivity contribution in [3.8, 4) is 0 Å². The van der Waals surface area contributed by atoms with Crippen LogP contribution in [0.5, 0.6) is 0 Å². The largest absolute Gasteiger partial charge is 0.399 e. The molecular weight excluding hydrogens is 198 g/mol. The van der Waals surface area contributed by atoms with E-state index in [0.29, 0.717) is 5.69 Å². The van der Waals surface area contributed by atoms with Crippen LogP contribution in [0.4, 0.5) is 5.69 Å². The van der Waals surface area contributed by atoms with E-state index in [4.69, 9.17) is 5.73 Å². The third-order valence-electron chi connectivity index (χ3n) is 1.62. The molecule has 6 heteroatoms. The number of pyridine rings is 1. The minimum Gasteiger partial charge on any atom is -0.399 e. The van der Waals surface area contributed by atoms with Crippen molar-refractivity contribution in [2.24, 2.45) is 7.05 Å². The molecule has 72 valence electrons. The summed E-state index contributed by atoms with van der Waals surface area (Å²) < 4.78 is 1.69. The third kappa shape index (κ3) is 1.85. The van der Waals surface area contributed by atoms with Gasteiger partial charge in [0.05, 0.1) is 0 Å². The molecule has 0 saturated carbocycles. The molecule has 2 aromatic heterocycles. The van der Waals surface area contributed by atoms with E-state index >= 15 is 0 Å². The van der Waals surface area contributed by atoms with Crippen molar-refractivity contribution < 1.29 is 0 Å². The highest BCUT2D eigenvalue weighted by atomic mass is 32.2. The molecule has 0 bridgehead atoms. The Balaban J connectivity index is 2.23. The number of hydrogen-bond acceptors (Lipinski definition) is 5. The Morgan fingerprint density at radius 1 is 1.43 bits per heavy atom. The highest BCUT2D eigenvalue weighted by Gasteiger charge is 2.04. The van der Waals surface area contributed by atoms with Gasteiger partial charge in [0.15, 0.2) is 5.16 Å². The third-order valence-corrected chi connectivity index (χ3v) is 2.61. The predicted molar refractivity (Wildman–Crippen MR) is 53.8 cm³/mol. The average molecular weight is 207 g/mol. The zero-order valence-corrected chi connectivity index (χ0v) is 8.40. The molecule has 2 aromatic rings. The molecule has 0 radical (unpaired) electrons. The highest BCUT2D eigenvalue weighted by molar-refractivity contribution is 7.99. The molecule has 0 aromatic carbocycles. The summed E-state index contributed by atoms with van der Waals surface area (Å²) in [4.78, 5) is 8.23. The van der Waals surface area contributed by atoms with Gasteiger partial charge < -0.3 is 5.73 Å². The first-order valence-corrected chi connectivity index (χ1v) is 4.81. The van der Waals surface area contributed by atoms with Crippen molar-refractivity contribution in [2.45, 2.75) is 10.2 Å². The Bertz CT molecular complexity index is 439. The van der Waals surface area contributed by atoms with Gasteiger partial charge in [-0.1, -0.05) is 0 Å². The fourth-order valence-electron chi connectivity index (χ4n) is 0.952. The first kappa shape index (κ1) is 9.01. The Labute approximate surface area is 85.4 Å². The van der Waals surface area contributed by atoms with E-state index in [1.54, 1.807) is 23.0 Å². The number of hydrogen-bond donors (Lipinski definition) is 1. The van der Waals surface area contributed by atoms with E-state index in [0.717, 1.165) is 10.2 Å². The van der Waals surface area contributed by atoms with Crippen molar-refractivity contribution in [2.75, 3.05) is 5.73 Å².